The molecule has 0 unspecified atom stereocenters. The maximum Gasteiger partial charge on any atom is 0.224 e. The number of benzene rings is 1. The van der Waals surface area contributed by atoms with Crippen molar-refractivity contribution in [2.24, 2.45) is 0 Å². The van der Waals surface area contributed by atoms with Crippen molar-refractivity contribution in [2.45, 2.75) is 40.5 Å². The van der Waals surface area contributed by atoms with Crippen molar-refractivity contribution in [1.29, 1.82) is 0 Å². The lowest BCUT2D eigenvalue weighted by molar-refractivity contribution is -0.120. The van der Waals surface area contributed by atoms with Crippen LogP contribution in [0.4, 0.5) is 0 Å². The molecule has 2 nitrogen and oxygen atoms in total. The molecule has 0 spiro atoms. The second kappa shape index (κ2) is 5.69. The van der Waals surface area contributed by atoms with E-state index >= 15 is 0 Å². The Morgan fingerprint density at radius 2 is 1.75 bits per heavy atom. The van der Waals surface area contributed by atoms with Gasteiger partial charge in [-0.1, -0.05) is 19.1 Å². The minimum absolute atomic E-state index is 0.119. The highest BCUT2D eigenvalue weighted by atomic mass is 16.1. The number of nitrogens with one attached hydrogen (secondary N) is 1. The molecule has 1 N–H and O–H groups in total. The molecule has 88 valence electrons. The lowest BCUT2D eigenvalue weighted by atomic mass is 9.98. The quantitative estimate of drug-likeness (QED) is 0.828. The van der Waals surface area contributed by atoms with Crippen molar-refractivity contribution >= 4 is 5.91 Å². The molecule has 0 aliphatic rings. The third-order valence-corrected chi connectivity index (χ3v) is 2.88. The predicted molar refractivity (Wildman–Crippen MR) is 67.7 cm³/mol. The average molecular weight is 219 g/mol. The van der Waals surface area contributed by atoms with E-state index in [-0.39, 0.29) is 5.91 Å². The molecule has 0 saturated carbocycles. The van der Waals surface area contributed by atoms with Gasteiger partial charge in [-0.2, -0.15) is 0 Å². The molecule has 0 heterocycles. The van der Waals surface area contributed by atoms with Crippen LogP contribution < -0.4 is 5.32 Å². The minimum Gasteiger partial charge on any atom is -0.356 e. The number of amides is 1. The first-order valence-corrected chi connectivity index (χ1v) is 5.88. The smallest absolute Gasteiger partial charge is 0.224 e. The summed E-state index contributed by atoms with van der Waals surface area (Å²) in [5.74, 6) is 0.119. The predicted octanol–water partition coefficient (Wildman–Crippen LogP) is 2.68. The molecule has 1 rings (SSSR count). The Morgan fingerprint density at radius 3 is 2.38 bits per heavy atom. The summed E-state index contributed by atoms with van der Waals surface area (Å²) in [6.45, 7) is 9.07. The van der Waals surface area contributed by atoms with E-state index in [1.165, 1.54) is 16.7 Å². The standard InChI is InChI=1S/C14H21NO/c1-5-6-15-14(16)9-13-8-11(3)10(2)7-12(13)4/h7-8H,5-6,9H2,1-4H3,(H,15,16). The van der Waals surface area contributed by atoms with Crippen LogP contribution in [0.1, 0.15) is 35.6 Å². The maximum absolute atomic E-state index is 11.6. The summed E-state index contributed by atoms with van der Waals surface area (Å²) < 4.78 is 0. The second-order valence-electron chi connectivity index (χ2n) is 4.39. The fourth-order valence-electron chi connectivity index (χ4n) is 1.71. The fourth-order valence-corrected chi connectivity index (χ4v) is 1.71. The van der Waals surface area contributed by atoms with Gasteiger partial charge in [0.25, 0.3) is 0 Å². The zero-order valence-corrected chi connectivity index (χ0v) is 10.7. The summed E-state index contributed by atoms with van der Waals surface area (Å²) in [5, 5.41) is 2.90. The van der Waals surface area contributed by atoms with Crippen LogP contribution in [-0.4, -0.2) is 12.5 Å². The number of hydrogen-bond donors (Lipinski definition) is 1. The van der Waals surface area contributed by atoms with Crippen LogP contribution in [0.3, 0.4) is 0 Å². The second-order valence-corrected chi connectivity index (χ2v) is 4.39. The van der Waals surface area contributed by atoms with Crippen molar-refractivity contribution in [3.63, 3.8) is 0 Å². The van der Waals surface area contributed by atoms with E-state index in [1.807, 2.05) is 0 Å². The zero-order chi connectivity index (χ0) is 12.1. The normalized spacial score (nSPS) is 10.2. The molecule has 16 heavy (non-hydrogen) atoms. The first kappa shape index (κ1) is 12.8. The average Bonchev–Trinajstić information content (AvgIpc) is 2.23. The van der Waals surface area contributed by atoms with Gasteiger partial charge in [0.05, 0.1) is 6.42 Å². The molecular formula is C14H21NO. The Balaban J connectivity index is 2.73. The minimum atomic E-state index is 0.119. The van der Waals surface area contributed by atoms with Crippen molar-refractivity contribution in [1.82, 2.24) is 5.32 Å². The van der Waals surface area contributed by atoms with E-state index in [9.17, 15) is 4.79 Å². The summed E-state index contributed by atoms with van der Waals surface area (Å²) in [5.41, 5.74) is 4.88. The molecule has 0 aliphatic carbocycles. The summed E-state index contributed by atoms with van der Waals surface area (Å²) in [6, 6.07) is 4.27. The molecule has 1 aromatic rings. The van der Waals surface area contributed by atoms with Crippen LogP contribution in [0.25, 0.3) is 0 Å². The number of hydrogen-bond acceptors (Lipinski definition) is 1. The molecule has 0 aliphatic heterocycles. The van der Waals surface area contributed by atoms with Crippen LogP contribution in [-0.2, 0) is 11.2 Å². The largest absolute Gasteiger partial charge is 0.356 e. The zero-order valence-electron chi connectivity index (χ0n) is 10.7. The number of rotatable bonds is 4. The summed E-state index contributed by atoms with van der Waals surface area (Å²) >= 11 is 0. The maximum atomic E-state index is 11.6. The molecule has 1 aromatic carbocycles. The Hall–Kier alpha value is -1.31. The van der Waals surface area contributed by atoms with E-state index in [2.05, 4.69) is 45.1 Å². The number of carbonyl (C=O) groups excluding carboxylic acids is 1. The molecule has 0 saturated heterocycles. The van der Waals surface area contributed by atoms with E-state index in [1.54, 1.807) is 0 Å². The Labute approximate surface area is 98.1 Å². The Bertz CT molecular complexity index is 383. The van der Waals surface area contributed by atoms with E-state index in [0.717, 1.165) is 18.5 Å². The van der Waals surface area contributed by atoms with Gasteiger partial charge in [-0.15, -0.1) is 0 Å². The molecule has 0 radical (unpaired) electrons. The lowest BCUT2D eigenvalue weighted by Gasteiger charge is -2.10. The third kappa shape index (κ3) is 3.37. The van der Waals surface area contributed by atoms with E-state index in [0.29, 0.717) is 6.42 Å². The summed E-state index contributed by atoms with van der Waals surface area (Å²) in [7, 11) is 0. The number of carbonyl (C=O) groups is 1. The van der Waals surface area contributed by atoms with E-state index in [4.69, 9.17) is 0 Å². The van der Waals surface area contributed by atoms with Crippen LogP contribution in [0, 0.1) is 20.8 Å². The molecule has 2 heteroatoms. The van der Waals surface area contributed by atoms with Crippen molar-refractivity contribution in [3.05, 3.63) is 34.4 Å². The Kier molecular flexibility index (Phi) is 4.53. The third-order valence-electron chi connectivity index (χ3n) is 2.88. The van der Waals surface area contributed by atoms with Gasteiger partial charge in [-0.3, -0.25) is 4.79 Å². The van der Waals surface area contributed by atoms with Gasteiger partial charge in [0.1, 0.15) is 0 Å². The monoisotopic (exact) mass is 219 g/mol. The van der Waals surface area contributed by atoms with Crippen LogP contribution in [0.5, 0.6) is 0 Å². The van der Waals surface area contributed by atoms with Gasteiger partial charge in [0.2, 0.25) is 5.91 Å². The first-order chi connectivity index (χ1) is 7.54. The lowest BCUT2D eigenvalue weighted by Crippen LogP contribution is -2.26. The van der Waals surface area contributed by atoms with Crippen molar-refractivity contribution in [3.8, 4) is 0 Å². The number of aryl methyl sites for hydroxylation is 3. The molecule has 0 fully saturated rings. The highest BCUT2D eigenvalue weighted by Crippen LogP contribution is 2.15. The summed E-state index contributed by atoms with van der Waals surface area (Å²) in [4.78, 5) is 11.6. The van der Waals surface area contributed by atoms with Gasteiger partial charge in [0.15, 0.2) is 0 Å². The SMILES string of the molecule is CCCNC(=O)Cc1cc(C)c(C)cc1C. The van der Waals surface area contributed by atoms with Crippen LogP contribution in [0.2, 0.25) is 0 Å². The van der Waals surface area contributed by atoms with Crippen LogP contribution in [0.15, 0.2) is 12.1 Å². The van der Waals surface area contributed by atoms with Gasteiger partial charge in [-0.05, 0) is 49.4 Å². The highest BCUT2D eigenvalue weighted by molar-refractivity contribution is 5.79. The van der Waals surface area contributed by atoms with Gasteiger partial charge in [0, 0.05) is 6.54 Å². The van der Waals surface area contributed by atoms with Gasteiger partial charge >= 0.3 is 0 Å². The molecule has 0 atom stereocenters. The highest BCUT2D eigenvalue weighted by Gasteiger charge is 2.06. The van der Waals surface area contributed by atoms with Gasteiger partial charge in [-0.25, -0.2) is 0 Å². The van der Waals surface area contributed by atoms with Crippen LogP contribution >= 0.6 is 0 Å². The molecule has 0 bridgehead atoms. The van der Waals surface area contributed by atoms with E-state index < -0.39 is 0 Å². The first-order valence-electron chi connectivity index (χ1n) is 5.88. The fraction of sp³-hybridized carbons (Fsp3) is 0.500. The molecule has 0 aromatic heterocycles. The molecule has 1 amide bonds. The van der Waals surface area contributed by atoms with Gasteiger partial charge < -0.3 is 5.32 Å². The van der Waals surface area contributed by atoms with Crippen molar-refractivity contribution < 1.29 is 4.79 Å². The molecular weight excluding hydrogens is 198 g/mol. The summed E-state index contributed by atoms with van der Waals surface area (Å²) in [6.07, 6.45) is 1.48. The van der Waals surface area contributed by atoms with Crippen molar-refractivity contribution in [2.75, 3.05) is 6.54 Å². The topological polar surface area (TPSA) is 29.1 Å². The Morgan fingerprint density at radius 1 is 1.12 bits per heavy atom.